The van der Waals surface area contributed by atoms with E-state index in [2.05, 4.69) is 11.9 Å². The van der Waals surface area contributed by atoms with Gasteiger partial charge in [0.15, 0.2) is 0 Å². The van der Waals surface area contributed by atoms with E-state index in [-0.39, 0.29) is 0 Å². The first-order chi connectivity index (χ1) is 3.86. The van der Waals surface area contributed by atoms with Crippen LogP contribution >= 0.6 is 0 Å². The van der Waals surface area contributed by atoms with Crippen LogP contribution in [-0.2, 0) is 0 Å². The fraction of sp³-hybridized carbons (Fsp3) is 0.857. The molecule has 8 heavy (non-hydrogen) atoms. The second-order valence-electron chi connectivity index (χ2n) is 2.97. The highest BCUT2D eigenvalue weighted by Crippen LogP contribution is 2.40. The van der Waals surface area contributed by atoms with Crippen molar-refractivity contribution in [2.24, 2.45) is 10.9 Å². The molecular formula is C7H11N. The Balaban J connectivity index is 2.15. The van der Waals surface area contributed by atoms with Crippen molar-refractivity contribution in [2.45, 2.75) is 32.2 Å². The smallest absolute Gasteiger partial charge is 0.0531 e. The topological polar surface area (TPSA) is 12.4 Å². The zero-order chi connectivity index (χ0) is 5.56. The van der Waals surface area contributed by atoms with Crippen molar-refractivity contribution in [3.05, 3.63) is 0 Å². The van der Waals surface area contributed by atoms with Gasteiger partial charge in [-0.05, 0) is 32.1 Å². The monoisotopic (exact) mass is 109 g/mol. The van der Waals surface area contributed by atoms with Crippen LogP contribution in [0.25, 0.3) is 0 Å². The molecule has 2 atom stereocenters. The van der Waals surface area contributed by atoms with E-state index in [0.29, 0.717) is 0 Å². The third kappa shape index (κ3) is 0.575. The lowest BCUT2D eigenvalue weighted by molar-refractivity contribution is 0.697. The van der Waals surface area contributed by atoms with Crippen LogP contribution in [0.1, 0.15) is 26.2 Å². The second kappa shape index (κ2) is 1.34. The third-order valence-electron chi connectivity index (χ3n) is 2.15. The van der Waals surface area contributed by atoms with Crippen LogP contribution in [0.15, 0.2) is 4.99 Å². The summed E-state index contributed by atoms with van der Waals surface area (Å²) < 4.78 is 0. The lowest BCUT2D eigenvalue weighted by Crippen LogP contribution is -2.01. The zero-order valence-corrected chi connectivity index (χ0v) is 5.22. The Morgan fingerprint density at radius 1 is 1.62 bits per heavy atom. The predicted molar refractivity (Wildman–Crippen MR) is 34.2 cm³/mol. The van der Waals surface area contributed by atoms with Crippen LogP contribution in [0, 0.1) is 5.92 Å². The first kappa shape index (κ1) is 4.54. The lowest BCUT2D eigenvalue weighted by Gasteiger charge is -2.04. The van der Waals surface area contributed by atoms with Gasteiger partial charge in [-0.15, -0.1) is 0 Å². The molecule has 2 rings (SSSR count). The van der Waals surface area contributed by atoms with Gasteiger partial charge in [-0.25, -0.2) is 0 Å². The van der Waals surface area contributed by atoms with Gasteiger partial charge in [0, 0.05) is 5.71 Å². The normalized spacial score (nSPS) is 42.9. The van der Waals surface area contributed by atoms with E-state index >= 15 is 0 Å². The first-order valence-corrected chi connectivity index (χ1v) is 3.39. The van der Waals surface area contributed by atoms with Crippen LogP contribution in [0.2, 0.25) is 0 Å². The summed E-state index contributed by atoms with van der Waals surface area (Å²) in [6.07, 6.45) is 4.07. The predicted octanol–water partition coefficient (Wildman–Crippen LogP) is 1.63. The maximum atomic E-state index is 4.47. The summed E-state index contributed by atoms with van der Waals surface area (Å²) in [6, 6.07) is 0.767. The standard InChI is InChI=1S/C7H11N/c1-5-2-3-6-4-7(6)8-5/h6-7H,2-4H2,1H3/t6?,7-/m1/s1. The average Bonchev–Trinajstić information content (AvgIpc) is 2.43. The molecule has 0 N–H and O–H groups in total. The molecular weight excluding hydrogens is 98.1 g/mol. The zero-order valence-electron chi connectivity index (χ0n) is 5.22. The Hall–Kier alpha value is -0.330. The van der Waals surface area contributed by atoms with E-state index < -0.39 is 0 Å². The van der Waals surface area contributed by atoms with E-state index in [9.17, 15) is 0 Å². The summed E-state index contributed by atoms with van der Waals surface area (Å²) in [5, 5.41) is 0. The number of hydrogen-bond donors (Lipinski definition) is 0. The summed E-state index contributed by atoms with van der Waals surface area (Å²) in [7, 11) is 0. The number of hydrogen-bond acceptors (Lipinski definition) is 1. The van der Waals surface area contributed by atoms with E-state index in [1.165, 1.54) is 25.0 Å². The molecule has 44 valence electrons. The van der Waals surface area contributed by atoms with Gasteiger partial charge in [0.1, 0.15) is 0 Å². The lowest BCUT2D eigenvalue weighted by atomic mass is 10.1. The quantitative estimate of drug-likeness (QED) is 0.448. The molecule has 0 aromatic carbocycles. The molecule has 0 radical (unpaired) electrons. The maximum Gasteiger partial charge on any atom is 0.0531 e. The van der Waals surface area contributed by atoms with Gasteiger partial charge >= 0.3 is 0 Å². The fourth-order valence-corrected chi connectivity index (χ4v) is 1.44. The molecule has 0 aromatic heterocycles. The fourth-order valence-electron chi connectivity index (χ4n) is 1.44. The molecule has 1 nitrogen and oxygen atoms in total. The number of nitrogens with zero attached hydrogens (tertiary/aromatic N) is 1. The van der Waals surface area contributed by atoms with Gasteiger partial charge < -0.3 is 0 Å². The van der Waals surface area contributed by atoms with Gasteiger partial charge in [0.25, 0.3) is 0 Å². The van der Waals surface area contributed by atoms with Crippen LogP contribution in [-0.4, -0.2) is 11.8 Å². The Morgan fingerprint density at radius 2 is 2.50 bits per heavy atom. The van der Waals surface area contributed by atoms with Crippen molar-refractivity contribution < 1.29 is 0 Å². The minimum atomic E-state index is 0.767. The van der Waals surface area contributed by atoms with Gasteiger partial charge in [0.2, 0.25) is 0 Å². The summed E-state index contributed by atoms with van der Waals surface area (Å²) >= 11 is 0. The van der Waals surface area contributed by atoms with Gasteiger partial charge in [-0.2, -0.15) is 0 Å². The largest absolute Gasteiger partial charge is 0.291 e. The third-order valence-corrected chi connectivity index (χ3v) is 2.15. The Kier molecular flexibility index (Phi) is 0.758. The molecule has 1 unspecified atom stereocenters. The van der Waals surface area contributed by atoms with Gasteiger partial charge in [0.05, 0.1) is 6.04 Å². The van der Waals surface area contributed by atoms with Crippen LogP contribution < -0.4 is 0 Å². The molecule has 1 saturated carbocycles. The summed E-state index contributed by atoms with van der Waals surface area (Å²) in [4.78, 5) is 4.47. The number of rotatable bonds is 0. The SMILES string of the molecule is CC1=N[C@@H]2CC2CC1. The molecule has 2 aliphatic rings. The second-order valence-corrected chi connectivity index (χ2v) is 2.97. The molecule has 1 heterocycles. The minimum absolute atomic E-state index is 0.767. The van der Waals surface area contributed by atoms with Crippen molar-refractivity contribution in [3.8, 4) is 0 Å². The van der Waals surface area contributed by atoms with Crippen LogP contribution in [0.5, 0.6) is 0 Å². The van der Waals surface area contributed by atoms with Crippen molar-refractivity contribution in [1.29, 1.82) is 0 Å². The van der Waals surface area contributed by atoms with Gasteiger partial charge in [-0.1, -0.05) is 0 Å². The molecule has 0 saturated heterocycles. The molecule has 1 aliphatic heterocycles. The minimum Gasteiger partial charge on any atom is -0.291 e. The highest BCUT2D eigenvalue weighted by Gasteiger charge is 2.38. The van der Waals surface area contributed by atoms with E-state index in [0.717, 1.165) is 12.0 Å². The van der Waals surface area contributed by atoms with E-state index in [1.54, 1.807) is 0 Å². The summed E-state index contributed by atoms with van der Waals surface area (Å²) in [6.45, 7) is 2.15. The molecule has 1 heteroatoms. The van der Waals surface area contributed by atoms with Crippen LogP contribution in [0.3, 0.4) is 0 Å². The summed E-state index contributed by atoms with van der Waals surface area (Å²) in [5.74, 6) is 0.999. The maximum absolute atomic E-state index is 4.47. The highest BCUT2D eigenvalue weighted by molar-refractivity contribution is 5.83. The van der Waals surface area contributed by atoms with E-state index in [4.69, 9.17) is 0 Å². The van der Waals surface area contributed by atoms with Crippen molar-refractivity contribution >= 4 is 5.71 Å². The molecule has 0 bridgehead atoms. The van der Waals surface area contributed by atoms with Crippen molar-refractivity contribution in [1.82, 2.24) is 0 Å². The summed E-state index contributed by atoms with van der Waals surface area (Å²) in [5.41, 5.74) is 1.38. The molecule has 0 aromatic rings. The average molecular weight is 109 g/mol. The van der Waals surface area contributed by atoms with Crippen molar-refractivity contribution in [2.75, 3.05) is 0 Å². The van der Waals surface area contributed by atoms with E-state index in [1.807, 2.05) is 0 Å². The van der Waals surface area contributed by atoms with Crippen molar-refractivity contribution in [3.63, 3.8) is 0 Å². The number of aliphatic imine (C=N–C) groups is 1. The molecule has 1 fully saturated rings. The van der Waals surface area contributed by atoms with Gasteiger partial charge in [-0.3, -0.25) is 4.99 Å². The first-order valence-electron chi connectivity index (χ1n) is 3.39. The molecule has 0 spiro atoms. The molecule has 1 aliphatic carbocycles. The Morgan fingerprint density at radius 3 is 3.12 bits per heavy atom. The number of fused-ring (bicyclic) bond motifs is 1. The Bertz CT molecular complexity index is 137. The van der Waals surface area contributed by atoms with Crippen LogP contribution in [0.4, 0.5) is 0 Å². The molecule has 0 amide bonds. The highest BCUT2D eigenvalue weighted by atomic mass is 14.9. The Labute approximate surface area is 49.8 Å².